The smallest absolute Gasteiger partial charge is 0.257 e. The van der Waals surface area contributed by atoms with E-state index in [9.17, 15) is 4.79 Å². The van der Waals surface area contributed by atoms with Crippen LogP contribution in [0.5, 0.6) is 0 Å². The largest absolute Gasteiger partial charge is 0.361 e. The number of amides is 1. The number of thiocarbonyl (C=S) groups is 1. The zero-order valence-electron chi connectivity index (χ0n) is 18.3. The summed E-state index contributed by atoms with van der Waals surface area (Å²) >= 11 is 5.76. The molecule has 0 radical (unpaired) electrons. The normalized spacial score (nSPS) is 11.1. The number of aromatic amines is 2. The Morgan fingerprint density at radius 1 is 0.818 bits per heavy atom. The molecule has 1 amide bonds. The van der Waals surface area contributed by atoms with Crippen molar-refractivity contribution in [3.05, 3.63) is 107 Å². The van der Waals surface area contributed by atoms with Gasteiger partial charge in [-0.1, -0.05) is 42.0 Å². The maximum Gasteiger partial charge on any atom is 0.257 e. The van der Waals surface area contributed by atoms with Gasteiger partial charge in [0.05, 0.1) is 0 Å². The standard InChI is InChI=1S/C27H24N4OS/c1-18-8-10-19(11-9-18)26(32)30-27(33)31(16-20-4-2-6-24-22(20)12-14-28-24)17-21-5-3-7-25-23(21)13-15-29-25/h2-15,28-29H,16-17H2,1H3,(H,30,32,33). The maximum absolute atomic E-state index is 12.9. The average molecular weight is 453 g/mol. The van der Waals surface area contributed by atoms with E-state index in [-0.39, 0.29) is 5.91 Å². The third kappa shape index (κ3) is 4.38. The first-order valence-corrected chi connectivity index (χ1v) is 11.3. The molecule has 0 saturated heterocycles. The molecule has 0 saturated carbocycles. The molecule has 164 valence electrons. The average Bonchev–Trinajstić information content (AvgIpc) is 3.49. The molecule has 0 aliphatic rings. The minimum absolute atomic E-state index is 0.204. The Labute approximate surface area is 197 Å². The van der Waals surface area contributed by atoms with Crippen molar-refractivity contribution >= 4 is 45.0 Å². The third-order valence-corrected chi connectivity index (χ3v) is 6.27. The molecule has 2 heterocycles. The fourth-order valence-corrected chi connectivity index (χ4v) is 4.36. The summed E-state index contributed by atoms with van der Waals surface area (Å²) in [4.78, 5) is 21.5. The summed E-state index contributed by atoms with van der Waals surface area (Å²) in [5.74, 6) is -0.204. The van der Waals surface area contributed by atoms with Gasteiger partial charge in [0.25, 0.3) is 5.91 Å². The number of aromatic nitrogens is 2. The predicted octanol–water partition coefficient (Wildman–Crippen LogP) is 5.67. The number of nitrogens with zero attached hydrogens (tertiary/aromatic N) is 1. The first-order valence-electron chi connectivity index (χ1n) is 10.9. The van der Waals surface area contributed by atoms with Crippen LogP contribution in [0.3, 0.4) is 0 Å². The Morgan fingerprint density at radius 2 is 1.36 bits per heavy atom. The summed E-state index contributed by atoms with van der Waals surface area (Å²) in [6.45, 7) is 3.14. The zero-order chi connectivity index (χ0) is 22.8. The van der Waals surface area contributed by atoms with Gasteiger partial charge in [-0.2, -0.15) is 0 Å². The molecule has 0 unspecified atom stereocenters. The topological polar surface area (TPSA) is 63.9 Å². The zero-order valence-corrected chi connectivity index (χ0v) is 19.1. The number of hydrogen-bond donors (Lipinski definition) is 3. The number of benzene rings is 3. The lowest BCUT2D eigenvalue weighted by Gasteiger charge is -2.26. The van der Waals surface area contributed by atoms with Crippen LogP contribution in [0, 0.1) is 6.92 Å². The maximum atomic E-state index is 12.9. The summed E-state index contributed by atoms with van der Waals surface area (Å²) in [6.07, 6.45) is 3.88. The van der Waals surface area contributed by atoms with Crippen molar-refractivity contribution in [1.82, 2.24) is 20.2 Å². The minimum Gasteiger partial charge on any atom is -0.361 e. The van der Waals surface area contributed by atoms with Gasteiger partial charge in [-0.3, -0.25) is 10.1 Å². The van der Waals surface area contributed by atoms with E-state index in [1.54, 1.807) is 0 Å². The number of hydrogen-bond acceptors (Lipinski definition) is 2. The summed E-state index contributed by atoms with van der Waals surface area (Å²) < 4.78 is 0. The van der Waals surface area contributed by atoms with Crippen LogP contribution in [0.1, 0.15) is 27.0 Å². The number of H-pyrrole nitrogens is 2. The molecular weight excluding hydrogens is 428 g/mol. The van der Waals surface area contributed by atoms with E-state index in [2.05, 4.69) is 51.7 Å². The van der Waals surface area contributed by atoms with Gasteiger partial charge in [-0.15, -0.1) is 0 Å². The first kappa shape index (κ1) is 21.0. The highest BCUT2D eigenvalue weighted by Crippen LogP contribution is 2.23. The molecule has 0 aliphatic heterocycles. The molecule has 33 heavy (non-hydrogen) atoms. The van der Waals surface area contributed by atoms with Crippen LogP contribution in [0.25, 0.3) is 21.8 Å². The molecule has 6 heteroatoms. The highest BCUT2D eigenvalue weighted by atomic mass is 32.1. The highest BCUT2D eigenvalue weighted by molar-refractivity contribution is 7.80. The van der Waals surface area contributed by atoms with E-state index >= 15 is 0 Å². The van der Waals surface area contributed by atoms with Crippen LogP contribution in [-0.2, 0) is 13.1 Å². The van der Waals surface area contributed by atoms with Gasteiger partial charge >= 0.3 is 0 Å². The van der Waals surface area contributed by atoms with Crippen molar-refractivity contribution in [1.29, 1.82) is 0 Å². The lowest BCUT2D eigenvalue weighted by molar-refractivity contribution is 0.0972. The van der Waals surface area contributed by atoms with Gasteiger partial charge in [0.15, 0.2) is 5.11 Å². The molecule has 2 aromatic heterocycles. The fraction of sp³-hybridized carbons (Fsp3) is 0.111. The Hall–Kier alpha value is -3.90. The van der Waals surface area contributed by atoms with Gasteiger partial charge < -0.3 is 14.9 Å². The van der Waals surface area contributed by atoms with Crippen LogP contribution in [0.15, 0.2) is 85.2 Å². The quantitative estimate of drug-likeness (QED) is 0.301. The summed E-state index contributed by atoms with van der Waals surface area (Å²) in [5, 5.41) is 5.64. The molecule has 5 aromatic rings. The molecule has 0 spiro atoms. The second-order valence-corrected chi connectivity index (χ2v) is 8.58. The molecule has 0 aliphatic carbocycles. The number of nitrogens with one attached hydrogen (secondary N) is 3. The number of carbonyl (C=O) groups excluding carboxylic acids is 1. The SMILES string of the molecule is Cc1ccc(C(=O)NC(=S)N(Cc2cccc3[nH]ccc23)Cc2cccc3[nH]ccc23)cc1. The van der Waals surface area contributed by atoms with Gasteiger partial charge in [0.1, 0.15) is 0 Å². The minimum atomic E-state index is -0.204. The van der Waals surface area contributed by atoms with Crippen LogP contribution in [-0.4, -0.2) is 25.9 Å². The Kier molecular flexibility index (Phi) is 5.67. The van der Waals surface area contributed by atoms with Crippen LogP contribution in [0.2, 0.25) is 0 Å². The molecule has 0 bridgehead atoms. The fourth-order valence-electron chi connectivity index (χ4n) is 4.14. The predicted molar refractivity (Wildman–Crippen MR) is 137 cm³/mol. The van der Waals surface area contributed by atoms with E-state index in [4.69, 9.17) is 12.2 Å². The van der Waals surface area contributed by atoms with Crippen molar-refractivity contribution in [2.45, 2.75) is 20.0 Å². The Bertz CT molecular complexity index is 1370. The van der Waals surface area contributed by atoms with Crippen molar-refractivity contribution in [2.75, 3.05) is 0 Å². The molecule has 3 aromatic carbocycles. The Balaban J connectivity index is 1.45. The second kappa shape index (κ2) is 8.92. The van der Waals surface area contributed by atoms with E-state index in [0.29, 0.717) is 23.8 Å². The monoisotopic (exact) mass is 452 g/mol. The summed E-state index contributed by atoms with van der Waals surface area (Å²) in [7, 11) is 0. The summed E-state index contributed by atoms with van der Waals surface area (Å²) in [5.41, 5.74) is 6.13. The molecule has 0 fully saturated rings. The number of fused-ring (bicyclic) bond motifs is 2. The second-order valence-electron chi connectivity index (χ2n) is 8.19. The van der Waals surface area contributed by atoms with E-state index in [0.717, 1.165) is 38.5 Å². The Morgan fingerprint density at radius 3 is 1.91 bits per heavy atom. The highest BCUT2D eigenvalue weighted by Gasteiger charge is 2.17. The lowest BCUT2D eigenvalue weighted by Crippen LogP contribution is -2.42. The number of rotatable bonds is 5. The third-order valence-electron chi connectivity index (χ3n) is 5.91. The van der Waals surface area contributed by atoms with Crippen molar-refractivity contribution in [2.24, 2.45) is 0 Å². The first-order chi connectivity index (χ1) is 16.1. The van der Waals surface area contributed by atoms with Crippen LogP contribution in [0.4, 0.5) is 0 Å². The molecule has 5 rings (SSSR count). The molecule has 0 atom stereocenters. The van der Waals surface area contributed by atoms with E-state index in [1.807, 2.05) is 60.6 Å². The van der Waals surface area contributed by atoms with Crippen molar-refractivity contribution in [3.8, 4) is 0 Å². The van der Waals surface area contributed by atoms with Crippen molar-refractivity contribution in [3.63, 3.8) is 0 Å². The van der Waals surface area contributed by atoms with E-state index in [1.165, 1.54) is 0 Å². The lowest BCUT2D eigenvalue weighted by atomic mass is 10.1. The van der Waals surface area contributed by atoms with Gasteiger partial charge in [0.2, 0.25) is 0 Å². The van der Waals surface area contributed by atoms with Gasteiger partial charge in [-0.05, 0) is 66.7 Å². The van der Waals surface area contributed by atoms with Gasteiger partial charge in [-0.25, -0.2) is 0 Å². The van der Waals surface area contributed by atoms with Crippen molar-refractivity contribution < 1.29 is 4.79 Å². The van der Waals surface area contributed by atoms with E-state index < -0.39 is 0 Å². The van der Waals surface area contributed by atoms with Crippen LogP contribution >= 0.6 is 12.2 Å². The van der Waals surface area contributed by atoms with Crippen LogP contribution < -0.4 is 5.32 Å². The molecule has 3 N–H and O–H groups in total. The number of aryl methyl sites for hydroxylation is 1. The molecular formula is C27H24N4OS. The molecule has 5 nitrogen and oxygen atoms in total. The summed E-state index contributed by atoms with van der Waals surface area (Å²) in [6, 6.07) is 24.0. The van der Waals surface area contributed by atoms with Gasteiger partial charge in [0, 0.05) is 52.9 Å². The number of carbonyl (C=O) groups is 1.